The van der Waals surface area contributed by atoms with Gasteiger partial charge in [0.25, 0.3) is 0 Å². The van der Waals surface area contributed by atoms with Crippen LogP contribution in [0.4, 0.5) is 5.69 Å². The van der Waals surface area contributed by atoms with Crippen LogP contribution in [-0.4, -0.2) is 20.0 Å². The van der Waals surface area contributed by atoms with Gasteiger partial charge in [0.15, 0.2) is 17.3 Å². The molecule has 0 saturated carbocycles. The molecule has 124 valence electrons. The first-order valence-corrected chi connectivity index (χ1v) is 7.97. The number of rotatable bonds is 5. The van der Waals surface area contributed by atoms with Crippen LogP contribution >= 0.6 is 0 Å². The Labute approximate surface area is 142 Å². The fourth-order valence-corrected chi connectivity index (χ4v) is 3.04. The highest BCUT2D eigenvalue weighted by molar-refractivity contribution is 5.92. The Kier molecular flexibility index (Phi) is 4.85. The van der Waals surface area contributed by atoms with Gasteiger partial charge in [0.2, 0.25) is 0 Å². The second-order valence-corrected chi connectivity index (χ2v) is 5.85. The number of carbonyl (C=O) groups excluding carboxylic acids is 1. The van der Waals surface area contributed by atoms with Crippen molar-refractivity contribution in [1.82, 2.24) is 0 Å². The van der Waals surface area contributed by atoms with E-state index in [-0.39, 0.29) is 11.7 Å². The molecule has 1 N–H and O–H groups in total. The third kappa shape index (κ3) is 3.59. The molecule has 2 aromatic rings. The highest BCUT2D eigenvalue weighted by Crippen LogP contribution is 2.34. The zero-order valence-corrected chi connectivity index (χ0v) is 13.9. The highest BCUT2D eigenvalue weighted by atomic mass is 16.5. The van der Waals surface area contributed by atoms with Crippen LogP contribution in [0.2, 0.25) is 0 Å². The fraction of sp³-hybridized carbons (Fsp3) is 0.250. The Morgan fingerprint density at radius 1 is 0.958 bits per heavy atom. The van der Waals surface area contributed by atoms with E-state index in [4.69, 9.17) is 9.47 Å². The van der Waals surface area contributed by atoms with Crippen LogP contribution < -0.4 is 14.8 Å². The molecule has 2 aromatic carbocycles. The predicted molar refractivity (Wildman–Crippen MR) is 94.7 cm³/mol. The van der Waals surface area contributed by atoms with E-state index in [1.165, 1.54) is 5.56 Å². The maximum absolute atomic E-state index is 12.1. The molecule has 0 aliphatic heterocycles. The Hall–Kier alpha value is -2.75. The quantitative estimate of drug-likeness (QED) is 0.898. The van der Waals surface area contributed by atoms with Crippen LogP contribution in [0.25, 0.3) is 0 Å². The third-order valence-corrected chi connectivity index (χ3v) is 4.21. The molecule has 1 aliphatic carbocycles. The number of hydrogen-bond acceptors (Lipinski definition) is 4. The maximum Gasteiger partial charge on any atom is 0.162 e. The van der Waals surface area contributed by atoms with E-state index in [9.17, 15) is 4.79 Å². The van der Waals surface area contributed by atoms with Crippen molar-refractivity contribution in [1.29, 1.82) is 0 Å². The standard InChI is InChI=1S/C20H21NO3/c1-23-19-9-8-16(13-20(19)24-2)21-17-10-15(11-18(22)12-17)14-6-4-3-5-7-14/h3-9,12-13,15,21H,10-11H2,1-2H3/t15-/m0/s1. The van der Waals surface area contributed by atoms with E-state index < -0.39 is 0 Å². The molecule has 0 amide bonds. The lowest BCUT2D eigenvalue weighted by atomic mass is 9.85. The van der Waals surface area contributed by atoms with E-state index in [2.05, 4.69) is 17.4 Å². The van der Waals surface area contributed by atoms with Crippen molar-refractivity contribution in [3.63, 3.8) is 0 Å². The van der Waals surface area contributed by atoms with Crippen LogP contribution in [0, 0.1) is 0 Å². The maximum atomic E-state index is 12.1. The van der Waals surface area contributed by atoms with Crippen LogP contribution in [0.15, 0.2) is 60.3 Å². The number of nitrogens with one attached hydrogen (secondary N) is 1. The summed E-state index contributed by atoms with van der Waals surface area (Å²) < 4.78 is 10.6. The van der Waals surface area contributed by atoms with Crippen molar-refractivity contribution in [3.8, 4) is 11.5 Å². The number of carbonyl (C=O) groups is 1. The van der Waals surface area contributed by atoms with Crippen LogP contribution in [0.3, 0.4) is 0 Å². The second-order valence-electron chi connectivity index (χ2n) is 5.85. The molecule has 4 nitrogen and oxygen atoms in total. The molecule has 0 radical (unpaired) electrons. The van der Waals surface area contributed by atoms with Crippen molar-refractivity contribution < 1.29 is 14.3 Å². The number of ether oxygens (including phenoxy) is 2. The summed E-state index contributed by atoms with van der Waals surface area (Å²) in [4.78, 5) is 12.1. The molecule has 0 aromatic heterocycles. The number of hydrogen-bond donors (Lipinski definition) is 1. The second kappa shape index (κ2) is 7.21. The van der Waals surface area contributed by atoms with E-state index in [0.29, 0.717) is 17.9 Å². The van der Waals surface area contributed by atoms with Gasteiger partial charge in [0, 0.05) is 29.9 Å². The van der Waals surface area contributed by atoms with E-state index in [1.54, 1.807) is 20.3 Å². The molecule has 24 heavy (non-hydrogen) atoms. The van der Waals surface area contributed by atoms with Crippen molar-refractivity contribution in [3.05, 3.63) is 65.9 Å². The summed E-state index contributed by atoms with van der Waals surface area (Å²) in [6, 6.07) is 15.8. The van der Waals surface area contributed by atoms with Crippen molar-refractivity contribution in [2.24, 2.45) is 0 Å². The lowest BCUT2D eigenvalue weighted by Crippen LogP contribution is -2.16. The van der Waals surface area contributed by atoms with Crippen molar-refractivity contribution in [2.45, 2.75) is 18.8 Å². The van der Waals surface area contributed by atoms with Gasteiger partial charge in [-0.25, -0.2) is 0 Å². The molecular formula is C20H21NO3. The summed E-state index contributed by atoms with van der Waals surface area (Å²) >= 11 is 0. The third-order valence-electron chi connectivity index (χ3n) is 4.21. The first-order valence-electron chi connectivity index (χ1n) is 7.97. The molecule has 0 fully saturated rings. The Morgan fingerprint density at radius 3 is 2.42 bits per heavy atom. The summed E-state index contributed by atoms with van der Waals surface area (Å²) in [6.45, 7) is 0. The Balaban J connectivity index is 1.78. The molecule has 0 heterocycles. The SMILES string of the molecule is COc1ccc(NC2=CC(=O)C[C@@H](c3ccccc3)C2)cc1OC. The summed E-state index contributed by atoms with van der Waals surface area (Å²) in [5.74, 6) is 1.70. The minimum Gasteiger partial charge on any atom is -0.493 e. The van der Waals surface area contributed by atoms with Crippen molar-refractivity contribution >= 4 is 11.5 Å². The summed E-state index contributed by atoms with van der Waals surface area (Å²) in [5.41, 5.74) is 3.00. The first-order chi connectivity index (χ1) is 11.7. The minimum absolute atomic E-state index is 0.151. The largest absolute Gasteiger partial charge is 0.493 e. The molecule has 0 unspecified atom stereocenters. The van der Waals surface area contributed by atoms with Gasteiger partial charge in [-0.3, -0.25) is 4.79 Å². The van der Waals surface area contributed by atoms with Gasteiger partial charge in [0.1, 0.15) is 0 Å². The first kappa shape index (κ1) is 16.1. The van der Waals surface area contributed by atoms with Crippen molar-refractivity contribution in [2.75, 3.05) is 19.5 Å². The van der Waals surface area contributed by atoms with E-state index in [1.807, 2.05) is 36.4 Å². The van der Waals surface area contributed by atoms with Gasteiger partial charge >= 0.3 is 0 Å². The smallest absolute Gasteiger partial charge is 0.162 e. The summed E-state index contributed by atoms with van der Waals surface area (Å²) in [5, 5.41) is 3.34. The van der Waals surface area contributed by atoms with Gasteiger partial charge in [-0.05, 0) is 30.0 Å². The predicted octanol–water partition coefficient (Wildman–Crippen LogP) is 4.15. The van der Waals surface area contributed by atoms with Gasteiger partial charge in [-0.2, -0.15) is 0 Å². The molecule has 3 rings (SSSR count). The average Bonchev–Trinajstić information content (AvgIpc) is 2.62. The Bertz CT molecular complexity index is 753. The van der Waals surface area contributed by atoms with Crippen LogP contribution in [0.1, 0.15) is 24.3 Å². The molecule has 1 atom stereocenters. The van der Waals surface area contributed by atoms with Crippen LogP contribution in [0.5, 0.6) is 11.5 Å². The molecule has 0 spiro atoms. The topological polar surface area (TPSA) is 47.6 Å². The zero-order chi connectivity index (χ0) is 16.9. The van der Waals surface area contributed by atoms with E-state index in [0.717, 1.165) is 17.8 Å². The molecular weight excluding hydrogens is 302 g/mol. The molecule has 4 heteroatoms. The zero-order valence-electron chi connectivity index (χ0n) is 13.9. The van der Waals surface area contributed by atoms with E-state index >= 15 is 0 Å². The summed E-state index contributed by atoms with van der Waals surface area (Å²) in [7, 11) is 3.22. The molecule has 0 bridgehead atoms. The van der Waals surface area contributed by atoms with Gasteiger partial charge in [-0.15, -0.1) is 0 Å². The average molecular weight is 323 g/mol. The summed E-state index contributed by atoms with van der Waals surface area (Å²) in [6.07, 6.45) is 3.07. The molecule has 1 aliphatic rings. The van der Waals surface area contributed by atoms with Gasteiger partial charge in [0.05, 0.1) is 14.2 Å². The number of allylic oxidation sites excluding steroid dienone is 2. The van der Waals surface area contributed by atoms with Gasteiger partial charge in [-0.1, -0.05) is 30.3 Å². The highest BCUT2D eigenvalue weighted by Gasteiger charge is 2.22. The minimum atomic E-state index is 0.151. The lowest BCUT2D eigenvalue weighted by Gasteiger charge is -2.23. The number of ketones is 1. The van der Waals surface area contributed by atoms with Crippen LogP contribution in [-0.2, 0) is 4.79 Å². The fourth-order valence-electron chi connectivity index (χ4n) is 3.04. The number of benzene rings is 2. The lowest BCUT2D eigenvalue weighted by molar-refractivity contribution is -0.115. The monoisotopic (exact) mass is 323 g/mol. The Morgan fingerprint density at radius 2 is 1.71 bits per heavy atom. The number of anilines is 1. The number of methoxy groups -OCH3 is 2. The normalized spacial score (nSPS) is 17.2. The molecule has 0 saturated heterocycles. The van der Waals surface area contributed by atoms with Gasteiger partial charge < -0.3 is 14.8 Å².